The summed E-state index contributed by atoms with van der Waals surface area (Å²) in [6.45, 7) is 5.82. The second-order valence-electron chi connectivity index (χ2n) is 3.44. The highest BCUT2D eigenvalue weighted by atomic mass is 16.5. The minimum absolute atomic E-state index is 0.197. The van der Waals surface area contributed by atoms with Crippen molar-refractivity contribution in [3.8, 4) is 0 Å². The van der Waals surface area contributed by atoms with Gasteiger partial charge in [0, 0.05) is 6.42 Å². The highest BCUT2D eigenvalue weighted by molar-refractivity contribution is 5.78. The molecule has 0 unspecified atom stereocenters. The van der Waals surface area contributed by atoms with Crippen molar-refractivity contribution in [3.63, 3.8) is 0 Å². The van der Waals surface area contributed by atoms with Crippen molar-refractivity contribution < 1.29 is 14.6 Å². The maximum atomic E-state index is 11.2. The van der Waals surface area contributed by atoms with Gasteiger partial charge in [0.25, 0.3) is 0 Å². The quantitative estimate of drug-likeness (QED) is 0.772. The number of rotatable bonds is 5. The third-order valence-electron chi connectivity index (χ3n) is 2.18. The van der Waals surface area contributed by atoms with Gasteiger partial charge in [0.15, 0.2) is 6.10 Å². The highest BCUT2D eigenvalue weighted by Crippen LogP contribution is 2.17. The minimum Gasteiger partial charge on any atom is -0.464 e. The fourth-order valence-electron chi connectivity index (χ4n) is 1.35. The second kappa shape index (κ2) is 6.08. The molecule has 0 radical (unpaired) electrons. The number of carbonyl (C=O) groups is 1. The van der Waals surface area contributed by atoms with Crippen LogP contribution in [-0.2, 0) is 9.53 Å². The zero-order chi connectivity index (χ0) is 12.0. The van der Waals surface area contributed by atoms with Crippen LogP contribution in [0, 0.1) is 0 Å². The molecular weight excluding hydrogens is 204 g/mol. The van der Waals surface area contributed by atoms with Crippen molar-refractivity contribution in [2.75, 3.05) is 6.61 Å². The summed E-state index contributed by atoms with van der Waals surface area (Å²) in [5, 5.41) is 9.55. The molecule has 3 heteroatoms. The number of ether oxygens (including phenoxy) is 1. The molecule has 0 aliphatic heterocycles. The topological polar surface area (TPSA) is 46.5 Å². The lowest BCUT2D eigenvalue weighted by molar-refractivity contribution is -0.152. The van der Waals surface area contributed by atoms with Gasteiger partial charge in [0.2, 0.25) is 0 Å². The first-order valence-electron chi connectivity index (χ1n) is 5.23. The number of carbonyl (C=O) groups excluding carboxylic acids is 1. The van der Waals surface area contributed by atoms with E-state index in [-0.39, 0.29) is 13.0 Å². The predicted octanol–water partition coefficient (Wildman–Crippen LogP) is 2.01. The molecule has 0 aliphatic rings. The first kappa shape index (κ1) is 12.5. The lowest BCUT2D eigenvalue weighted by Gasteiger charge is -2.11. The van der Waals surface area contributed by atoms with Crippen LogP contribution in [0.5, 0.6) is 0 Å². The van der Waals surface area contributed by atoms with Gasteiger partial charge in [-0.3, -0.25) is 0 Å². The van der Waals surface area contributed by atoms with Crippen LogP contribution in [-0.4, -0.2) is 23.8 Å². The molecule has 3 nitrogen and oxygen atoms in total. The Hall–Kier alpha value is -1.61. The van der Waals surface area contributed by atoms with Gasteiger partial charge in [-0.1, -0.05) is 36.9 Å². The number of aliphatic hydroxyl groups excluding tert-OH is 1. The third-order valence-corrected chi connectivity index (χ3v) is 2.18. The van der Waals surface area contributed by atoms with Gasteiger partial charge >= 0.3 is 5.97 Å². The van der Waals surface area contributed by atoms with Crippen LogP contribution in [0.25, 0.3) is 5.57 Å². The van der Waals surface area contributed by atoms with E-state index in [2.05, 4.69) is 6.58 Å². The van der Waals surface area contributed by atoms with Crippen molar-refractivity contribution >= 4 is 11.5 Å². The Morgan fingerprint density at radius 1 is 1.44 bits per heavy atom. The van der Waals surface area contributed by atoms with Gasteiger partial charge in [-0.05, 0) is 18.1 Å². The fourth-order valence-corrected chi connectivity index (χ4v) is 1.35. The first-order valence-corrected chi connectivity index (χ1v) is 5.23. The molecule has 86 valence electrons. The molecule has 0 aromatic heterocycles. The zero-order valence-electron chi connectivity index (χ0n) is 9.35. The first-order chi connectivity index (χ1) is 7.65. The van der Waals surface area contributed by atoms with Crippen LogP contribution in [0.2, 0.25) is 0 Å². The zero-order valence-corrected chi connectivity index (χ0v) is 9.35. The average molecular weight is 220 g/mol. The summed E-state index contributed by atoms with van der Waals surface area (Å²) < 4.78 is 4.71. The van der Waals surface area contributed by atoms with E-state index in [0.717, 1.165) is 11.1 Å². The summed E-state index contributed by atoms with van der Waals surface area (Å²) in [5.74, 6) is -0.598. The minimum atomic E-state index is -1.13. The number of hydrogen-bond donors (Lipinski definition) is 1. The van der Waals surface area contributed by atoms with Crippen LogP contribution in [0.1, 0.15) is 18.9 Å². The Morgan fingerprint density at radius 2 is 2.06 bits per heavy atom. The normalized spacial score (nSPS) is 11.9. The van der Waals surface area contributed by atoms with Crippen LogP contribution in [0.4, 0.5) is 0 Å². The summed E-state index contributed by atoms with van der Waals surface area (Å²) in [7, 11) is 0. The van der Waals surface area contributed by atoms with Gasteiger partial charge in [-0.15, -0.1) is 0 Å². The lowest BCUT2D eigenvalue weighted by Crippen LogP contribution is -2.23. The van der Waals surface area contributed by atoms with Crippen LogP contribution >= 0.6 is 0 Å². The molecule has 0 heterocycles. The van der Waals surface area contributed by atoms with E-state index < -0.39 is 12.1 Å². The molecular formula is C13H16O3. The van der Waals surface area contributed by atoms with Crippen molar-refractivity contribution in [2.45, 2.75) is 19.4 Å². The molecule has 16 heavy (non-hydrogen) atoms. The summed E-state index contributed by atoms with van der Waals surface area (Å²) in [6, 6.07) is 9.45. The molecule has 1 atom stereocenters. The van der Waals surface area contributed by atoms with E-state index in [1.165, 1.54) is 0 Å². The monoisotopic (exact) mass is 220 g/mol. The van der Waals surface area contributed by atoms with E-state index in [9.17, 15) is 9.90 Å². The number of esters is 1. The molecule has 0 spiro atoms. The molecule has 1 aromatic carbocycles. The van der Waals surface area contributed by atoms with Crippen LogP contribution in [0.3, 0.4) is 0 Å². The Bertz CT molecular complexity index is 357. The third kappa shape index (κ3) is 3.51. The van der Waals surface area contributed by atoms with Gasteiger partial charge < -0.3 is 9.84 Å². The number of benzene rings is 1. The molecule has 1 rings (SSSR count). The summed E-state index contributed by atoms with van der Waals surface area (Å²) >= 11 is 0. The standard InChI is InChI=1S/C13H16O3/c1-3-16-13(15)12(14)9-10(2)11-7-5-4-6-8-11/h4-8,12,14H,2-3,9H2,1H3/t12-/m1/s1. The van der Waals surface area contributed by atoms with E-state index in [1.807, 2.05) is 30.3 Å². The molecule has 0 saturated carbocycles. The van der Waals surface area contributed by atoms with Crippen LogP contribution in [0.15, 0.2) is 36.9 Å². The molecule has 0 saturated heterocycles. The van der Waals surface area contributed by atoms with Crippen molar-refractivity contribution in [2.24, 2.45) is 0 Å². The van der Waals surface area contributed by atoms with E-state index in [0.29, 0.717) is 0 Å². The molecule has 0 fully saturated rings. The van der Waals surface area contributed by atoms with E-state index in [1.54, 1.807) is 6.92 Å². The van der Waals surface area contributed by atoms with Gasteiger partial charge in [0.05, 0.1) is 6.61 Å². The number of hydrogen-bond acceptors (Lipinski definition) is 3. The largest absolute Gasteiger partial charge is 0.464 e. The van der Waals surface area contributed by atoms with Crippen LogP contribution < -0.4 is 0 Å². The maximum absolute atomic E-state index is 11.2. The molecule has 0 amide bonds. The smallest absolute Gasteiger partial charge is 0.335 e. The summed E-state index contributed by atoms with van der Waals surface area (Å²) in [6.07, 6.45) is -0.935. The lowest BCUT2D eigenvalue weighted by atomic mass is 10.0. The Morgan fingerprint density at radius 3 is 2.62 bits per heavy atom. The second-order valence-corrected chi connectivity index (χ2v) is 3.44. The van der Waals surface area contributed by atoms with E-state index in [4.69, 9.17) is 4.74 Å². The summed E-state index contributed by atoms with van der Waals surface area (Å²) in [4.78, 5) is 11.2. The molecule has 1 N–H and O–H groups in total. The molecule has 0 aliphatic carbocycles. The van der Waals surface area contributed by atoms with Gasteiger partial charge in [0.1, 0.15) is 0 Å². The molecule has 0 bridgehead atoms. The van der Waals surface area contributed by atoms with Gasteiger partial charge in [-0.25, -0.2) is 4.79 Å². The van der Waals surface area contributed by atoms with Crippen molar-refractivity contribution in [1.82, 2.24) is 0 Å². The highest BCUT2D eigenvalue weighted by Gasteiger charge is 2.17. The Balaban J connectivity index is 2.55. The fraction of sp³-hybridized carbons (Fsp3) is 0.308. The Kier molecular flexibility index (Phi) is 4.73. The number of aliphatic hydroxyl groups is 1. The average Bonchev–Trinajstić information content (AvgIpc) is 2.30. The van der Waals surface area contributed by atoms with Crippen molar-refractivity contribution in [1.29, 1.82) is 0 Å². The maximum Gasteiger partial charge on any atom is 0.335 e. The SMILES string of the molecule is C=C(C[C@@H](O)C(=O)OCC)c1ccccc1. The molecule has 1 aromatic rings. The predicted molar refractivity (Wildman–Crippen MR) is 62.7 cm³/mol. The van der Waals surface area contributed by atoms with E-state index >= 15 is 0 Å². The summed E-state index contributed by atoms with van der Waals surface area (Å²) in [5.41, 5.74) is 1.65. The van der Waals surface area contributed by atoms with Gasteiger partial charge in [-0.2, -0.15) is 0 Å². The Labute approximate surface area is 95.4 Å². The van der Waals surface area contributed by atoms with Crippen molar-refractivity contribution in [3.05, 3.63) is 42.5 Å².